The smallest absolute Gasteiger partial charge is 0.172 e. The Morgan fingerprint density at radius 1 is 1.57 bits per heavy atom. The summed E-state index contributed by atoms with van der Waals surface area (Å²) in [5.41, 5.74) is 0.695. The molecule has 0 bridgehead atoms. The molecule has 0 radical (unpaired) electrons. The van der Waals surface area contributed by atoms with Crippen LogP contribution in [-0.2, 0) is 11.2 Å². The number of hydrogen-bond acceptors (Lipinski definition) is 3. The molecule has 0 aliphatic heterocycles. The first-order valence-electron chi connectivity index (χ1n) is 4.10. The van der Waals surface area contributed by atoms with Crippen molar-refractivity contribution in [3.63, 3.8) is 0 Å². The minimum absolute atomic E-state index is 0.0324. The average Bonchev–Trinajstić information content (AvgIpc) is 2.11. The number of ketones is 1. The van der Waals surface area contributed by atoms with Gasteiger partial charge in [-0.2, -0.15) is 0 Å². The van der Waals surface area contributed by atoms with Gasteiger partial charge in [0.15, 0.2) is 11.5 Å². The van der Waals surface area contributed by atoms with Gasteiger partial charge in [0.05, 0.1) is 11.6 Å². The third kappa shape index (κ3) is 2.26. The fourth-order valence-corrected chi connectivity index (χ4v) is 1.54. The zero-order valence-electron chi connectivity index (χ0n) is 8.00. The van der Waals surface area contributed by atoms with Crippen molar-refractivity contribution in [1.82, 2.24) is 0 Å². The number of hydrogen-bond donors (Lipinski definition) is 1. The number of Topliss-reactive ketones (excluding diaryl/α,β-unsaturated/α-hetero) is 1. The molecule has 0 spiro atoms. The van der Waals surface area contributed by atoms with E-state index in [4.69, 9.17) is 4.74 Å². The normalized spacial score (nSPS) is 9.93. The van der Waals surface area contributed by atoms with Crippen molar-refractivity contribution in [3.05, 3.63) is 22.2 Å². The van der Waals surface area contributed by atoms with Gasteiger partial charge < -0.3 is 9.84 Å². The van der Waals surface area contributed by atoms with Gasteiger partial charge in [-0.15, -0.1) is 0 Å². The Kier molecular flexibility index (Phi) is 3.52. The molecule has 1 aromatic carbocycles. The van der Waals surface area contributed by atoms with E-state index >= 15 is 0 Å². The van der Waals surface area contributed by atoms with Crippen molar-refractivity contribution in [2.24, 2.45) is 0 Å². The molecule has 0 amide bonds. The molecule has 14 heavy (non-hydrogen) atoms. The van der Waals surface area contributed by atoms with Gasteiger partial charge in [0.2, 0.25) is 0 Å². The van der Waals surface area contributed by atoms with E-state index in [1.54, 1.807) is 12.1 Å². The van der Waals surface area contributed by atoms with E-state index < -0.39 is 0 Å². The molecule has 76 valence electrons. The monoisotopic (exact) mass is 258 g/mol. The maximum Gasteiger partial charge on any atom is 0.172 e. The van der Waals surface area contributed by atoms with Crippen molar-refractivity contribution in [1.29, 1.82) is 0 Å². The van der Waals surface area contributed by atoms with E-state index in [1.165, 1.54) is 14.0 Å². The van der Waals surface area contributed by atoms with Gasteiger partial charge in [-0.3, -0.25) is 4.79 Å². The summed E-state index contributed by atoms with van der Waals surface area (Å²) in [5.74, 6) is 0.422. The van der Waals surface area contributed by atoms with E-state index in [-0.39, 0.29) is 18.0 Å². The summed E-state index contributed by atoms with van der Waals surface area (Å²) < 4.78 is 5.58. The highest BCUT2D eigenvalue weighted by molar-refractivity contribution is 9.10. The molecule has 0 saturated carbocycles. The summed E-state index contributed by atoms with van der Waals surface area (Å²) >= 11 is 3.17. The quantitative estimate of drug-likeness (QED) is 0.905. The Morgan fingerprint density at radius 2 is 2.21 bits per heavy atom. The predicted molar refractivity (Wildman–Crippen MR) is 56.7 cm³/mol. The molecular weight excluding hydrogens is 248 g/mol. The lowest BCUT2D eigenvalue weighted by Gasteiger charge is -2.09. The summed E-state index contributed by atoms with van der Waals surface area (Å²) in [7, 11) is 1.46. The number of rotatable bonds is 3. The predicted octanol–water partition coefficient (Wildman–Crippen LogP) is 2.29. The number of carbonyl (C=O) groups is 1. The van der Waals surface area contributed by atoms with Crippen LogP contribution in [0, 0.1) is 0 Å². The highest BCUT2D eigenvalue weighted by atomic mass is 79.9. The van der Waals surface area contributed by atoms with Gasteiger partial charge in [-0.25, -0.2) is 0 Å². The van der Waals surface area contributed by atoms with Crippen molar-refractivity contribution < 1.29 is 14.6 Å². The zero-order valence-corrected chi connectivity index (χ0v) is 9.59. The lowest BCUT2D eigenvalue weighted by Crippen LogP contribution is -1.99. The van der Waals surface area contributed by atoms with Crippen LogP contribution in [0.1, 0.15) is 12.5 Å². The minimum atomic E-state index is 0.0324. The number of methoxy groups -OCH3 is 1. The number of benzene rings is 1. The van der Waals surface area contributed by atoms with Gasteiger partial charge >= 0.3 is 0 Å². The number of aromatic hydroxyl groups is 1. The molecule has 0 atom stereocenters. The first-order chi connectivity index (χ1) is 6.56. The fourth-order valence-electron chi connectivity index (χ4n) is 1.22. The van der Waals surface area contributed by atoms with Crippen LogP contribution in [0.4, 0.5) is 0 Å². The molecular formula is C10H11BrO3. The largest absolute Gasteiger partial charge is 0.503 e. The molecule has 0 aliphatic carbocycles. The highest BCUT2D eigenvalue weighted by Crippen LogP contribution is 2.37. The molecule has 1 rings (SSSR count). The van der Waals surface area contributed by atoms with E-state index in [1.807, 2.05) is 0 Å². The number of phenols is 1. The molecule has 0 unspecified atom stereocenters. The van der Waals surface area contributed by atoms with Crippen LogP contribution in [-0.4, -0.2) is 18.0 Å². The molecule has 4 heteroatoms. The molecule has 1 N–H and O–H groups in total. The molecule has 3 nitrogen and oxygen atoms in total. The van der Waals surface area contributed by atoms with E-state index in [0.29, 0.717) is 15.8 Å². The number of halogens is 1. The van der Waals surface area contributed by atoms with Gasteiger partial charge in [0, 0.05) is 12.0 Å². The topological polar surface area (TPSA) is 46.5 Å². The molecule has 0 saturated heterocycles. The summed E-state index contributed by atoms with van der Waals surface area (Å²) in [6, 6.07) is 3.44. The van der Waals surface area contributed by atoms with Crippen molar-refractivity contribution >= 4 is 21.7 Å². The maximum atomic E-state index is 10.9. The highest BCUT2D eigenvalue weighted by Gasteiger charge is 2.12. The molecule has 0 aromatic heterocycles. The van der Waals surface area contributed by atoms with Crippen LogP contribution < -0.4 is 4.74 Å². The molecule has 0 fully saturated rings. The summed E-state index contributed by atoms with van der Waals surface area (Å²) in [6.07, 6.45) is 0.268. The van der Waals surface area contributed by atoms with Crippen molar-refractivity contribution in [2.75, 3.05) is 7.11 Å². The lowest BCUT2D eigenvalue weighted by molar-refractivity contribution is -0.116. The van der Waals surface area contributed by atoms with Crippen molar-refractivity contribution in [2.45, 2.75) is 13.3 Å². The van der Waals surface area contributed by atoms with Gasteiger partial charge in [0.25, 0.3) is 0 Å². The lowest BCUT2D eigenvalue weighted by atomic mass is 10.1. The number of ether oxygens (including phenoxy) is 1. The Bertz CT molecular complexity index is 361. The summed E-state index contributed by atoms with van der Waals surface area (Å²) in [4.78, 5) is 10.9. The Labute approximate surface area is 90.8 Å². The number of phenolic OH excluding ortho intramolecular Hbond substituents is 1. The van der Waals surface area contributed by atoms with Crippen LogP contribution in [0.15, 0.2) is 16.6 Å². The SMILES string of the molecule is COc1c(CC(C)=O)ccc(Br)c1O. The van der Waals surface area contributed by atoms with E-state index in [2.05, 4.69) is 15.9 Å². The Hall–Kier alpha value is -1.03. The molecule has 0 heterocycles. The zero-order chi connectivity index (χ0) is 10.7. The van der Waals surface area contributed by atoms with Crippen molar-refractivity contribution in [3.8, 4) is 11.5 Å². The van der Waals surface area contributed by atoms with Crippen LogP contribution in [0.2, 0.25) is 0 Å². The fraction of sp³-hybridized carbons (Fsp3) is 0.300. The summed E-state index contributed by atoms with van der Waals surface area (Å²) in [5, 5.41) is 9.61. The first kappa shape index (κ1) is 11.0. The molecule has 1 aromatic rings. The molecule has 0 aliphatic rings. The van der Waals surface area contributed by atoms with Gasteiger partial charge in [0.1, 0.15) is 5.78 Å². The number of carbonyl (C=O) groups excluding carboxylic acids is 1. The maximum absolute atomic E-state index is 10.9. The average molecular weight is 259 g/mol. The second-order valence-electron chi connectivity index (χ2n) is 2.97. The second kappa shape index (κ2) is 4.46. The Morgan fingerprint density at radius 3 is 2.71 bits per heavy atom. The van der Waals surface area contributed by atoms with E-state index in [9.17, 15) is 9.90 Å². The minimum Gasteiger partial charge on any atom is -0.503 e. The van der Waals surface area contributed by atoms with Crippen LogP contribution in [0.3, 0.4) is 0 Å². The third-order valence-electron chi connectivity index (χ3n) is 1.81. The summed E-state index contributed by atoms with van der Waals surface area (Å²) in [6.45, 7) is 1.50. The van der Waals surface area contributed by atoms with Crippen LogP contribution >= 0.6 is 15.9 Å². The standard InChI is InChI=1S/C10H11BrO3/c1-6(12)5-7-3-4-8(11)9(13)10(7)14-2/h3-4,13H,5H2,1-2H3. The van der Waals surface area contributed by atoms with Gasteiger partial charge in [-0.05, 0) is 28.9 Å². The Balaban J connectivity index is 3.17. The van der Waals surface area contributed by atoms with E-state index in [0.717, 1.165) is 0 Å². The second-order valence-corrected chi connectivity index (χ2v) is 3.82. The van der Waals surface area contributed by atoms with Gasteiger partial charge in [-0.1, -0.05) is 6.07 Å². The first-order valence-corrected chi connectivity index (χ1v) is 4.89. The van der Waals surface area contributed by atoms with Crippen LogP contribution in [0.5, 0.6) is 11.5 Å². The third-order valence-corrected chi connectivity index (χ3v) is 2.45. The van der Waals surface area contributed by atoms with Crippen LogP contribution in [0.25, 0.3) is 0 Å².